The van der Waals surface area contributed by atoms with Gasteiger partial charge in [0.15, 0.2) is 5.11 Å². The number of carbonyl (C=O) groups excluding carboxylic acids is 1. The van der Waals surface area contributed by atoms with Crippen LogP contribution in [-0.2, 0) is 6.42 Å². The minimum Gasteiger partial charge on any atom is -0.492 e. The van der Waals surface area contributed by atoms with Crippen molar-refractivity contribution < 1.29 is 9.53 Å². The van der Waals surface area contributed by atoms with Gasteiger partial charge >= 0.3 is 0 Å². The fourth-order valence-corrected chi connectivity index (χ4v) is 3.89. The Morgan fingerprint density at radius 3 is 2.35 bits per heavy atom. The number of hydrogen-bond acceptors (Lipinski definition) is 3. The molecule has 3 rings (SSSR count). The Labute approximate surface area is 197 Å². The average Bonchev–Trinajstić information content (AvgIpc) is 2.79. The molecule has 6 heteroatoms. The molecular formula is C25H25BrN2O2S. The van der Waals surface area contributed by atoms with Crippen LogP contribution in [0.3, 0.4) is 0 Å². The molecule has 0 bridgehead atoms. The fourth-order valence-electron chi connectivity index (χ4n) is 3.16. The number of rotatable bonds is 8. The Hall–Kier alpha value is -2.70. The highest BCUT2D eigenvalue weighted by molar-refractivity contribution is 9.10. The van der Waals surface area contributed by atoms with E-state index in [0.29, 0.717) is 23.0 Å². The third-order valence-corrected chi connectivity index (χ3v) is 5.67. The molecule has 0 aromatic heterocycles. The van der Waals surface area contributed by atoms with Crippen LogP contribution in [0.1, 0.15) is 40.9 Å². The number of thiocarbonyl (C=S) groups is 1. The molecule has 1 atom stereocenters. The zero-order valence-corrected chi connectivity index (χ0v) is 19.7. The third-order valence-electron chi connectivity index (χ3n) is 4.83. The first-order valence-electron chi connectivity index (χ1n) is 10.2. The molecule has 1 amide bonds. The summed E-state index contributed by atoms with van der Waals surface area (Å²) < 4.78 is 6.58. The first-order valence-corrected chi connectivity index (χ1v) is 11.4. The van der Waals surface area contributed by atoms with Gasteiger partial charge in [0.2, 0.25) is 0 Å². The maximum absolute atomic E-state index is 12.6. The smallest absolute Gasteiger partial charge is 0.257 e. The number of hydrogen-bond donors (Lipinski definition) is 2. The van der Waals surface area contributed by atoms with Gasteiger partial charge in [-0.15, -0.1) is 0 Å². The molecule has 0 spiro atoms. The van der Waals surface area contributed by atoms with E-state index >= 15 is 0 Å². The summed E-state index contributed by atoms with van der Waals surface area (Å²) in [6, 6.07) is 25.5. The van der Waals surface area contributed by atoms with E-state index in [9.17, 15) is 4.79 Å². The van der Waals surface area contributed by atoms with Crippen LogP contribution in [0.2, 0.25) is 0 Å². The second kappa shape index (κ2) is 11.6. The Kier molecular flexibility index (Phi) is 8.62. The van der Waals surface area contributed by atoms with Crippen molar-refractivity contribution in [3.63, 3.8) is 0 Å². The second-order valence-electron chi connectivity index (χ2n) is 7.03. The van der Waals surface area contributed by atoms with Crippen LogP contribution in [-0.4, -0.2) is 17.6 Å². The fraction of sp³-hybridized carbons (Fsp3) is 0.200. The van der Waals surface area contributed by atoms with Gasteiger partial charge in [-0.25, -0.2) is 0 Å². The van der Waals surface area contributed by atoms with Gasteiger partial charge in [-0.3, -0.25) is 10.1 Å². The van der Waals surface area contributed by atoms with E-state index in [1.807, 2.05) is 48.5 Å². The molecule has 4 nitrogen and oxygen atoms in total. The lowest BCUT2D eigenvalue weighted by molar-refractivity contribution is 0.0976. The molecule has 0 fully saturated rings. The molecule has 0 aliphatic heterocycles. The van der Waals surface area contributed by atoms with Crippen LogP contribution in [0, 0.1) is 0 Å². The van der Waals surface area contributed by atoms with Gasteiger partial charge in [0, 0.05) is 12.0 Å². The normalized spacial score (nSPS) is 11.4. The average molecular weight is 497 g/mol. The van der Waals surface area contributed by atoms with Crippen LogP contribution in [0.4, 0.5) is 0 Å². The van der Waals surface area contributed by atoms with Gasteiger partial charge < -0.3 is 10.1 Å². The molecule has 1 unspecified atom stereocenters. The lowest BCUT2D eigenvalue weighted by Crippen LogP contribution is -2.40. The number of benzene rings is 3. The molecule has 0 radical (unpaired) electrons. The van der Waals surface area contributed by atoms with Crippen molar-refractivity contribution in [2.75, 3.05) is 6.61 Å². The predicted molar refractivity (Wildman–Crippen MR) is 132 cm³/mol. The topological polar surface area (TPSA) is 50.4 Å². The van der Waals surface area contributed by atoms with Gasteiger partial charge in [-0.1, -0.05) is 67.6 Å². The molecule has 160 valence electrons. The summed E-state index contributed by atoms with van der Waals surface area (Å²) in [5, 5.41) is 6.28. The molecule has 31 heavy (non-hydrogen) atoms. The number of carbonyl (C=O) groups is 1. The van der Waals surface area contributed by atoms with Crippen molar-refractivity contribution in [3.05, 3.63) is 100 Å². The Balaban J connectivity index is 1.54. The third kappa shape index (κ3) is 6.91. The SMILES string of the molecule is CCC(NC(=S)NC(=O)c1ccc(OCCc2ccccc2)c(Br)c1)c1ccccc1. The van der Waals surface area contributed by atoms with Crippen molar-refractivity contribution in [3.8, 4) is 5.75 Å². The van der Waals surface area contributed by atoms with Crippen molar-refractivity contribution in [1.82, 2.24) is 10.6 Å². The zero-order valence-electron chi connectivity index (χ0n) is 17.3. The summed E-state index contributed by atoms with van der Waals surface area (Å²) in [6.07, 6.45) is 1.66. The zero-order chi connectivity index (χ0) is 22.1. The Bertz CT molecular complexity index is 1010. The van der Waals surface area contributed by atoms with Crippen LogP contribution < -0.4 is 15.4 Å². The van der Waals surface area contributed by atoms with Crippen molar-refractivity contribution in [2.24, 2.45) is 0 Å². The van der Waals surface area contributed by atoms with E-state index in [4.69, 9.17) is 17.0 Å². The van der Waals surface area contributed by atoms with Gasteiger partial charge in [-0.05, 0) is 63.9 Å². The van der Waals surface area contributed by atoms with E-state index in [2.05, 4.69) is 45.6 Å². The van der Waals surface area contributed by atoms with E-state index in [-0.39, 0.29) is 11.9 Å². The van der Waals surface area contributed by atoms with Crippen LogP contribution in [0.25, 0.3) is 0 Å². The number of halogens is 1. The standard InChI is InChI=1S/C25H25BrN2O2S/c1-2-22(19-11-7-4-8-12-19)27-25(31)28-24(29)20-13-14-23(21(26)17-20)30-16-15-18-9-5-3-6-10-18/h3-14,17,22H,2,15-16H2,1H3,(H2,27,28,29,31). The minimum atomic E-state index is -0.267. The highest BCUT2D eigenvalue weighted by Gasteiger charge is 2.14. The summed E-state index contributed by atoms with van der Waals surface area (Å²) in [5.74, 6) is 0.431. The van der Waals surface area contributed by atoms with Gasteiger partial charge in [0.25, 0.3) is 5.91 Å². The van der Waals surface area contributed by atoms with Gasteiger partial charge in [0.05, 0.1) is 17.1 Å². The predicted octanol–water partition coefficient (Wildman–Crippen LogP) is 5.83. The highest BCUT2D eigenvalue weighted by Crippen LogP contribution is 2.26. The summed E-state index contributed by atoms with van der Waals surface area (Å²) in [6.45, 7) is 2.63. The molecule has 0 saturated heterocycles. The summed E-state index contributed by atoms with van der Waals surface area (Å²) >= 11 is 8.85. The monoisotopic (exact) mass is 496 g/mol. The summed E-state index contributed by atoms with van der Waals surface area (Å²) in [5.41, 5.74) is 2.84. The first-order chi connectivity index (χ1) is 15.1. The van der Waals surface area contributed by atoms with Crippen LogP contribution in [0.5, 0.6) is 5.75 Å². The first kappa shape index (κ1) is 23.0. The van der Waals surface area contributed by atoms with Crippen molar-refractivity contribution in [1.29, 1.82) is 0 Å². The van der Waals surface area contributed by atoms with E-state index in [0.717, 1.165) is 22.9 Å². The van der Waals surface area contributed by atoms with Crippen molar-refractivity contribution >= 4 is 39.2 Å². The summed E-state index contributed by atoms with van der Waals surface area (Å²) in [7, 11) is 0. The molecular weight excluding hydrogens is 472 g/mol. The molecule has 2 N–H and O–H groups in total. The molecule has 0 saturated carbocycles. The molecule has 3 aromatic carbocycles. The van der Waals surface area contributed by atoms with E-state index < -0.39 is 0 Å². The number of amides is 1. The lowest BCUT2D eigenvalue weighted by Gasteiger charge is -2.19. The molecule has 0 heterocycles. The highest BCUT2D eigenvalue weighted by atomic mass is 79.9. The van der Waals surface area contributed by atoms with Crippen molar-refractivity contribution in [2.45, 2.75) is 25.8 Å². The largest absolute Gasteiger partial charge is 0.492 e. The Morgan fingerprint density at radius 1 is 1.03 bits per heavy atom. The lowest BCUT2D eigenvalue weighted by atomic mass is 10.1. The van der Waals surface area contributed by atoms with E-state index in [1.54, 1.807) is 18.2 Å². The number of ether oxygens (including phenoxy) is 1. The molecule has 0 aliphatic carbocycles. The summed E-state index contributed by atoms with van der Waals surface area (Å²) in [4.78, 5) is 12.6. The Morgan fingerprint density at radius 2 is 1.71 bits per heavy atom. The minimum absolute atomic E-state index is 0.0427. The quantitative estimate of drug-likeness (QED) is 0.385. The maximum Gasteiger partial charge on any atom is 0.257 e. The van der Waals surface area contributed by atoms with Crippen LogP contribution in [0.15, 0.2) is 83.3 Å². The molecule has 0 aliphatic rings. The van der Waals surface area contributed by atoms with E-state index in [1.165, 1.54) is 5.56 Å². The molecule has 3 aromatic rings. The van der Waals surface area contributed by atoms with Crippen LogP contribution >= 0.6 is 28.1 Å². The number of nitrogens with one attached hydrogen (secondary N) is 2. The van der Waals surface area contributed by atoms with Gasteiger partial charge in [-0.2, -0.15) is 0 Å². The van der Waals surface area contributed by atoms with Gasteiger partial charge in [0.1, 0.15) is 5.75 Å². The second-order valence-corrected chi connectivity index (χ2v) is 8.29. The maximum atomic E-state index is 12.6.